The van der Waals surface area contributed by atoms with E-state index in [4.69, 9.17) is 0 Å². The van der Waals surface area contributed by atoms with Gasteiger partial charge in [0.15, 0.2) is 0 Å². The third-order valence-corrected chi connectivity index (χ3v) is 2.08. The van der Waals surface area contributed by atoms with Crippen LogP contribution < -0.4 is 0 Å². The summed E-state index contributed by atoms with van der Waals surface area (Å²) < 4.78 is 0. The first-order valence-electron chi connectivity index (χ1n) is 5.01. The predicted molar refractivity (Wildman–Crippen MR) is 58.7 cm³/mol. The van der Waals surface area contributed by atoms with Crippen LogP contribution in [0.4, 0.5) is 0 Å². The quantitative estimate of drug-likeness (QED) is 0.775. The minimum atomic E-state index is -0.373. The molecular formula is C11H18N2O2. The summed E-state index contributed by atoms with van der Waals surface area (Å²) >= 11 is 0. The van der Waals surface area contributed by atoms with E-state index in [0.29, 0.717) is 18.8 Å². The number of rotatable bonds is 4. The van der Waals surface area contributed by atoms with Crippen molar-refractivity contribution in [1.82, 2.24) is 9.88 Å². The molecule has 15 heavy (non-hydrogen) atoms. The van der Waals surface area contributed by atoms with E-state index in [2.05, 4.69) is 4.98 Å². The fourth-order valence-corrected chi connectivity index (χ4v) is 1.49. The molecule has 84 valence electrons. The van der Waals surface area contributed by atoms with Gasteiger partial charge in [0, 0.05) is 18.8 Å². The van der Waals surface area contributed by atoms with Crippen molar-refractivity contribution < 1.29 is 10.2 Å². The summed E-state index contributed by atoms with van der Waals surface area (Å²) in [4.78, 5) is 6.17. The molecule has 0 aliphatic carbocycles. The second-order valence-electron chi connectivity index (χ2n) is 3.96. The summed E-state index contributed by atoms with van der Waals surface area (Å²) in [5, 5.41) is 18.8. The Hall–Kier alpha value is -1.13. The first kappa shape index (κ1) is 11.9. The average Bonchev–Trinajstić information content (AvgIpc) is 2.10. The molecule has 4 heteroatoms. The number of aliphatic hydroxyl groups excluding tert-OH is 1. The Labute approximate surface area is 90.2 Å². The summed E-state index contributed by atoms with van der Waals surface area (Å²) in [6.07, 6.45) is -0.373. The summed E-state index contributed by atoms with van der Waals surface area (Å²) in [6, 6.07) is 3.42. The Bertz CT molecular complexity index is 326. The molecule has 0 aromatic carbocycles. The van der Waals surface area contributed by atoms with Crippen LogP contribution in [0.1, 0.15) is 18.3 Å². The van der Waals surface area contributed by atoms with E-state index in [1.807, 2.05) is 18.9 Å². The largest absolute Gasteiger partial charge is 0.506 e. The lowest BCUT2D eigenvalue weighted by atomic mass is 10.2. The standard InChI is InChI=1S/C11H18N2O2/c1-8-4-5-11(15)10(12-8)7-13(3)6-9(2)14/h4-5,9,14-15H,6-7H2,1-3H3/t9-/m0/s1. The molecule has 0 spiro atoms. The zero-order valence-electron chi connectivity index (χ0n) is 9.44. The molecule has 0 saturated heterocycles. The van der Waals surface area contributed by atoms with E-state index in [1.165, 1.54) is 0 Å². The predicted octanol–water partition coefficient (Wildman–Crippen LogP) is 0.908. The van der Waals surface area contributed by atoms with Crippen LogP contribution in [0.3, 0.4) is 0 Å². The molecule has 4 nitrogen and oxygen atoms in total. The van der Waals surface area contributed by atoms with Gasteiger partial charge in [0.1, 0.15) is 5.75 Å². The third kappa shape index (κ3) is 3.85. The van der Waals surface area contributed by atoms with E-state index in [1.54, 1.807) is 19.1 Å². The first-order valence-corrected chi connectivity index (χ1v) is 5.01. The lowest BCUT2D eigenvalue weighted by molar-refractivity contribution is 0.137. The lowest BCUT2D eigenvalue weighted by Gasteiger charge is -2.18. The average molecular weight is 210 g/mol. The van der Waals surface area contributed by atoms with Gasteiger partial charge in [-0.1, -0.05) is 0 Å². The van der Waals surface area contributed by atoms with Gasteiger partial charge in [0.05, 0.1) is 11.8 Å². The summed E-state index contributed by atoms with van der Waals surface area (Å²) in [7, 11) is 1.89. The van der Waals surface area contributed by atoms with Crippen LogP contribution in [0.25, 0.3) is 0 Å². The molecule has 0 aliphatic heterocycles. The molecule has 0 bridgehead atoms. The van der Waals surface area contributed by atoms with Gasteiger partial charge in [-0.15, -0.1) is 0 Å². The fourth-order valence-electron chi connectivity index (χ4n) is 1.49. The molecular weight excluding hydrogens is 192 g/mol. The van der Waals surface area contributed by atoms with E-state index >= 15 is 0 Å². The SMILES string of the molecule is Cc1ccc(O)c(CN(C)C[C@H](C)O)n1. The van der Waals surface area contributed by atoms with Gasteiger partial charge in [-0.25, -0.2) is 0 Å². The highest BCUT2D eigenvalue weighted by Gasteiger charge is 2.08. The van der Waals surface area contributed by atoms with Crippen LogP contribution in [-0.4, -0.2) is 39.8 Å². The van der Waals surface area contributed by atoms with Crippen molar-refractivity contribution >= 4 is 0 Å². The van der Waals surface area contributed by atoms with Crippen molar-refractivity contribution in [2.24, 2.45) is 0 Å². The number of aromatic hydroxyl groups is 1. The second-order valence-corrected chi connectivity index (χ2v) is 3.96. The topological polar surface area (TPSA) is 56.6 Å². The molecule has 0 radical (unpaired) electrons. The van der Waals surface area contributed by atoms with Crippen LogP contribution in [-0.2, 0) is 6.54 Å². The first-order chi connectivity index (χ1) is 6.99. The monoisotopic (exact) mass is 210 g/mol. The number of aliphatic hydroxyl groups is 1. The van der Waals surface area contributed by atoms with Crippen molar-refractivity contribution in [1.29, 1.82) is 0 Å². The van der Waals surface area contributed by atoms with Crippen LogP contribution in [0, 0.1) is 6.92 Å². The molecule has 1 aromatic heterocycles. The molecule has 0 amide bonds. The number of hydrogen-bond acceptors (Lipinski definition) is 4. The highest BCUT2D eigenvalue weighted by atomic mass is 16.3. The highest BCUT2D eigenvalue weighted by molar-refractivity contribution is 5.27. The molecule has 1 rings (SSSR count). The van der Waals surface area contributed by atoms with E-state index in [9.17, 15) is 10.2 Å². The molecule has 1 heterocycles. The van der Waals surface area contributed by atoms with Crippen LogP contribution in [0.15, 0.2) is 12.1 Å². The van der Waals surface area contributed by atoms with E-state index in [0.717, 1.165) is 5.69 Å². The molecule has 1 aromatic rings. The van der Waals surface area contributed by atoms with Crippen molar-refractivity contribution in [3.05, 3.63) is 23.5 Å². The van der Waals surface area contributed by atoms with Gasteiger partial charge in [0.2, 0.25) is 0 Å². The van der Waals surface area contributed by atoms with Gasteiger partial charge in [0.25, 0.3) is 0 Å². The normalized spacial score (nSPS) is 13.1. The number of likely N-dealkylation sites (N-methyl/N-ethyl adjacent to an activating group) is 1. The van der Waals surface area contributed by atoms with Gasteiger partial charge in [-0.05, 0) is 33.0 Å². The van der Waals surface area contributed by atoms with Gasteiger partial charge >= 0.3 is 0 Å². The zero-order valence-corrected chi connectivity index (χ0v) is 9.44. The fraction of sp³-hybridized carbons (Fsp3) is 0.545. The lowest BCUT2D eigenvalue weighted by Crippen LogP contribution is -2.27. The van der Waals surface area contributed by atoms with Gasteiger partial charge < -0.3 is 10.2 Å². The number of hydrogen-bond donors (Lipinski definition) is 2. The number of aryl methyl sites for hydroxylation is 1. The smallest absolute Gasteiger partial charge is 0.138 e. The Morgan fingerprint density at radius 3 is 2.73 bits per heavy atom. The summed E-state index contributed by atoms with van der Waals surface area (Å²) in [6.45, 7) is 4.73. The van der Waals surface area contributed by atoms with Crippen LogP contribution in [0.2, 0.25) is 0 Å². The molecule has 0 unspecified atom stereocenters. The van der Waals surface area contributed by atoms with Crippen molar-refractivity contribution in [2.45, 2.75) is 26.5 Å². The van der Waals surface area contributed by atoms with Crippen molar-refractivity contribution in [2.75, 3.05) is 13.6 Å². The maximum atomic E-state index is 9.57. The minimum absolute atomic E-state index is 0.207. The Balaban J connectivity index is 2.67. The van der Waals surface area contributed by atoms with Crippen LogP contribution in [0.5, 0.6) is 5.75 Å². The Kier molecular flexibility index (Phi) is 4.05. The molecule has 0 fully saturated rings. The van der Waals surface area contributed by atoms with Gasteiger partial charge in [-0.2, -0.15) is 0 Å². The Morgan fingerprint density at radius 1 is 1.47 bits per heavy atom. The third-order valence-electron chi connectivity index (χ3n) is 2.08. The molecule has 0 saturated carbocycles. The van der Waals surface area contributed by atoms with E-state index in [-0.39, 0.29) is 11.9 Å². The number of pyridine rings is 1. The summed E-state index contributed by atoms with van der Waals surface area (Å²) in [5.74, 6) is 0.207. The van der Waals surface area contributed by atoms with Gasteiger partial charge in [-0.3, -0.25) is 9.88 Å². The van der Waals surface area contributed by atoms with E-state index < -0.39 is 0 Å². The zero-order chi connectivity index (χ0) is 11.4. The van der Waals surface area contributed by atoms with Crippen molar-refractivity contribution in [3.63, 3.8) is 0 Å². The maximum Gasteiger partial charge on any atom is 0.138 e. The maximum absolute atomic E-state index is 9.57. The highest BCUT2D eigenvalue weighted by Crippen LogP contribution is 2.16. The minimum Gasteiger partial charge on any atom is -0.506 e. The number of nitrogens with zero attached hydrogens (tertiary/aromatic N) is 2. The molecule has 0 aliphatic rings. The molecule has 1 atom stereocenters. The molecule has 2 N–H and O–H groups in total. The number of aromatic nitrogens is 1. The van der Waals surface area contributed by atoms with Crippen LogP contribution >= 0.6 is 0 Å². The Morgan fingerprint density at radius 2 is 2.13 bits per heavy atom. The second kappa shape index (κ2) is 5.09. The van der Waals surface area contributed by atoms with Crippen molar-refractivity contribution in [3.8, 4) is 5.75 Å². The summed E-state index contributed by atoms with van der Waals surface area (Å²) in [5.41, 5.74) is 1.53.